The Morgan fingerprint density at radius 2 is 2.10 bits per heavy atom. The number of hydrogen-bond donors (Lipinski definition) is 1. The van der Waals surface area contributed by atoms with Gasteiger partial charge in [0.25, 0.3) is 0 Å². The molecule has 1 unspecified atom stereocenters. The summed E-state index contributed by atoms with van der Waals surface area (Å²) in [6.07, 6.45) is 5.32. The predicted octanol–water partition coefficient (Wildman–Crippen LogP) is 2.00. The zero-order valence-corrected chi connectivity index (χ0v) is 6.94. The molecule has 0 aliphatic heterocycles. The van der Waals surface area contributed by atoms with Crippen LogP contribution in [-0.2, 0) is 0 Å². The zero-order valence-electron chi connectivity index (χ0n) is 6.94. The maximum absolute atomic E-state index is 5.97. The number of allylic oxidation sites excluding steroid dienone is 2. The average Bonchev–Trinajstić information content (AvgIpc) is 1.81. The van der Waals surface area contributed by atoms with E-state index in [1.54, 1.807) is 0 Å². The molecule has 10 heavy (non-hydrogen) atoms. The van der Waals surface area contributed by atoms with Crippen molar-refractivity contribution >= 4 is 0 Å². The molecule has 0 bridgehead atoms. The lowest BCUT2D eigenvalue weighted by molar-refractivity contribution is 0.549. The van der Waals surface area contributed by atoms with Crippen LogP contribution in [0.4, 0.5) is 0 Å². The SMILES string of the molecule is CC1=CCC(C)(N)C(C)=C1. The second-order valence-electron chi connectivity index (χ2n) is 3.40. The molecule has 1 rings (SSSR count). The number of hydrogen-bond acceptors (Lipinski definition) is 1. The van der Waals surface area contributed by atoms with Gasteiger partial charge in [-0.3, -0.25) is 0 Å². The van der Waals surface area contributed by atoms with Crippen LogP contribution < -0.4 is 5.73 Å². The van der Waals surface area contributed by atoms with Crippen LogP contribution in [0.3, 0.4) is 0 Å². The Labute approximate surface area is 62.6 Å². The first kappa shape index (κ1) is 7.55. The Morgan fingerprint density at radius 3 is 2.50 bits per heavy atom. The molecule has 2 N–H and O–H groups in total. The van der Waals surface area contributed by atoms with Gasteiger partial charge >= 0.3 is 0 Å². The van der Waals surface area contributed by atoms with Gasteiger partial charge in [-0.25, -0.2) is 0 Å². The largest absolute Gasteiger partial charge is 0.322 e. The topological polar surface area (TPSA) is 26.0 Å². The van der Waals surface area contributed by atoms with E-state index in [0.717, 1.165) is 6.42 Å². The van der Waals surface area contributed by atoms with Gasteiger partial charge in [-0.1, -0.05) is 23.3 Å². The van der Waals surface area contributed by atoms with Gasteiger partial charge in [0.1, 0.15) is 0 Å². The van der Waals surface area contributed by atoms with Crippen LogP contribution in [0.2, 0.25) is 0 Å². The fourth-order valence-corrected chi connectivity index (χ4v) is 1.10. The average molecular weight is 137 g/mol. The van der Waals surface area contributed by atoms with E-state index in [2.05, 4.69) is 32.9 Å². The summed E-state index contributed by atoms with van der Waals surface area (Å²) in [5.41, 5.74) is 8.49. The quantitative estimate of drug-likeness (QED) is 0.543. The van der Waals surface area contributed by atoms with Gasteiger partial charge in [-0.15, -0.1) is 0 Å². The Kier molecular flexibility index (Phi) is 1.69. The standard InChI is InChI=1S/C9H15N/c1-7-4-5-9(3,10)8(2)6-7/h4,6H,5,10H2,1-3H3. The van der Waals surface area contributed by atoms with Crippen molar-refractivity contribution < 1.29 is 0 Å². The molecule has 0 saturated carbocycles. The summed E-state index contributed by atoms with van der Waals surface area (Å²) in [5.74, 6) is 0. The van der Waals surface area contributed by atoms with Crippen LogP contribution in [0.25, 0.3) is 0 Å². The smallest absolute Gasteiger partial charge is 0.0375 e. The Hall–Kier alpha value is -0.560. The summed E-state index contributed by atoms with van der Waals surface area (Å²) in [7, 11) is 0. The predicted molar refractivity (Wildman–Crippen MR) is 44.7 cm³/mol. The summed E-state index contributed by atoms with van der Waals surface area (Å²) in [6, 6.07) is 0. The molecular formula is C9H15N. The van der Waals surface area contributed by atoms with E-state index in [1.165, 1.54) is 11.1 Å². The van der Waals surface area contributed by atoms with Gasteiger partial charge in [-0.05, 0) is 27.2 Å². The molecule has 0 heterocycles. The van der Waals surface area contributed by atoms with Crippen LogP contribution in [0.15, 0.2) is 23.3 Å². The summed E-state index contributed by atoms with van der Waals surface area (Å²) in [6.45, 7) is 6.27. The molecule has 1 aliphatic rings. The minimum atomic E-state index is -0.0977. The minimum absolute atomic E-state index is 0.0977. The highest BCUT2D eigenvalue weighted by Crippen LogP contribution is 2.24. The van der Waals surface area contributed by atoms with E-state index >= 15 is 0 Å². The van der Waals surface area contributed by atoms with E-state index in [9.17, 15) is 0 Å². The molecule has 0 radical (unpaired) electrons. The normalized spacial score (nSPS) is 33.2. The summed E-state index contributed by atoms with van der Waals surface area (Å²) >= 11 is 0. The number of nitrogens with two attached hydrogens (primary N) is 1. The van der Waals surface area contributed by atoms with Crippen LogP contribution in [-0.4, -0.2) is 5.54 Å². The van der Waals surface area contributed by atoms with E-state index in [1.807, 2.05) is 0 Å². The van der Waals surface area contributed by atoms with Crippen molar-refractivity contribution in [3.63, 3.8) is 0 Å². The molecule has 56 valence electrons. The molecule has 0 amide bonds. The highest BCUT2D eigenvalue weighted by atomic mass is 14.7. The number of rotatable bonds is 0. The van der Waals surface area contributed by atoms with Crippen LogP contribution in [0.1, 0.15) is 27.2 Å². The lowest BCUT2D eigenvalue weighted by Gasteiger charge is -2.27. The lowest BCUT2D eigenvalue weighted by atomic mass is 9.85. The highest BCUT2D eigenvalue weighted by Gasteiger charge is 2.21. The summed E-state index contributed by atoms with van der Waals surface area (Å²) < 4.78 is 0. The van der Waals surface area contributed by atoms with Gasteiger partial charge in [0, 0.05) is 5.54 Å². The van der Waals surface area contributed by atoms with Crippen molar-refractivity contribution in [3.05, 3.63) is 23.3 Å². The van der Waals surface area contributed by atoms with Crippen molar-refractivity contribution in [2.75, 3.05) is 0 Å². The van der Waals surface area contributed by atoms with Gasteiger partial charge in [-0.2, -0.15) is 0 Å². The van der Waals surface area contributed by atoms with Gasteiger partial charge in [0.15, 0.2) is 0 Å². The van der Waals surface area contributed by atoms with Gasteiger partial charge in [0.05, 0.1) is 0 Å². The van der Waals surface area contributed by atoms with Crippen molar-refractivity contribution in [2.24, 2.45) is 5.73 Å². The van der Waals surface area contributed by atoms with E-state index < -0.39 is 0 Å². The molecule has 1 aliphatic carbocycles. The third-order valence-corrected chi connectivity index (χ3v) is 2.19. The van der Waals surface area contributed by atoms with E-state index in [0.29, 0.717) is 0 Å². The van der Waals surface area contributed by atoms with Crippen molar-refractivity contribution in [1.29, 1.82) is 0 Å². The molecular weight excluding hydrogens is 122 g/mol. The van der Waals surface area contributed by atoms with Gasteiger partial charge in [0.2, 0.25) is 0 Å². The second kappa shape index (κ2) is 2.24. The summed E-state index contributed by atoms with van der Waals surface area (Å²) in [5, 5.41) is 0. The fourth-order valence-electron chi connectivity index (χ4n) is 1.10. The Balaban J connectivity index is 2.88. The maximum Gasteiger partial charge on any atom is 0.0375 e. The monoisotopic (exact) mass is 137 g/mol. The Morgan fingerprint density at radius 1 is 1.50 bits per heavy atom. The van der Waals surface area contributed by atoms with Crippen molar-refractivity contribution in [2.45, 2.75) is 32.7 Å². The van der Waals surface area contributed by atoms with E-state index in [-0.39, 0.29) is 5.54 Å². The lowest BCUT2D eigenvalue weighted by Crippen LogP contribution is -2.38. The van der Waals surface area contributed by atoms with E-state index in [4.69, 9.17) is 5.73 Å². The first-order valence-corrected chi connectivity index (χ1v) is 3.67. The molecule has 1 atom stereocenters. The molecule has 0 fully saturated rings. The van der Waals surface area contributed by atoms with Crippen molar-refractivity contribution in [1.82, 2.24) is 0 Å². The minimum Gasteiger partial charge on any atom is -0.322 e. The highest BCUT2D eigenvalue weighted by molar-refractivity contribution is 5.32. The molecule has 1 heteroatoms. The molecule has 0 aromatic carbocycles. The molecule has 0 aromatic heterocycles. The summed E-state index contributed by atoms with van der Waals surface area (Å²) in [4.78, 5) is 0. The molecule has 0 spiro atoms. The Bertz CT molecular complexity index is 197. The molecule has 1 nitrogen and oxygen atoms in total. The zero-order chi connectivity index (χ0) is 7.78. The fraction of sp³-hybridized carbons (Fsp3) is 0.556. The molecule has 0 aromatic rings. The molecule has 0 saturated heterocycles. The first-order chi connectivity index (χ1) is 4.52. The maximum atomic E-state index is 5.97. The van der Waals surface area contributed by atoms with Crippen molar-refractivity contribution in [3.8, 4) is 0 Å². The van der Waals surface area contributed by atoms with Crippen LogP contribution >= 0.6 is 0 Å². The third-order valence-electron chi connectivity index (χ3n) is 2.19. The second-order valence-corrected chi connectivity index (χ2v) is 3.40. The van der Waals surface area contributed by atoms with Crippen LogP contribution in [0, 0.1) is 0 Å². The third kappa shape index (κ3) is 1.29. The van der Waals surface area contributed by atoms with Crippen LogP contribution in [0.5, 0.6) is 0 Å². The van der Waals surface area contributed by atoms with Gasteiger partial charge < -0.3 is 5.73 Å². The first-order valence-electron chi connectivity index (χ1n) is 3.67.